The molecule has 0 N–H and O–H groups in total. The van der Waals surface area contributed by atoms with Gasteiger partial charge in [-0.1, -0.05) is 49.4 Å². The summed E-state index contributed by atoms with van der Waals surface area (Å²) in [6.07, 6.45) is 20.3. The van der Waals surface area contributed by atoms with Gasteiger partial charge in [-0.3, -0.25) is 0 Å². The molecule has 0 aliphatic heterocycles. The molecule has 2 aliphatic rings. The summed E-state index contributed by atoms with van der Waals surface area (Å²) in [6.45, 7) is 7.47. The van der Waals surface area contributed by atoms with Crippen LogP contribution in [0, 0.1) is 17.8 Å². The van der Waals surface area contributed by atoms with Crippen LogP contribution in [0.15, 0.2) is 49.1 Å². The minimum absolute atomic E-state index is 0.719. The zero-order chi connectivity index (χ0) is 19.6. The molecule has 154 valence electrons. The first-order valence-corrected chi connectivity index (χ1v) is 11.7. The van der Waals surface area contributed by atoms with E-state index in [4.69, 9.17) is 4.74 Å². The molecule has 0 saturated heterocycles. The summed E-state index contributed by atoms with van der Waals surface area (Å²) in [4.78, 5) is 0. The van der Waals surface area contributed by atoms with Gasteiger partial charge in [0.05, 0.1) is 13.2 Å². The minimum Gasteiger partial charge on any atom is -0.376 e. The number of hydrogen-bond acceptors (Lipinski definition) is 1. The third-order valence-corrected chi connectivity index (χ3v) is 7.09. The molecule has 2 saturated carbocycles. The zero-order valence-electron chi connectivity index (χ0n) is 18.0. The molecular weight excluding hydrogens is 340 g/mol. The molecule has 0 aromatic heterocycles. The largest absolute Gasteiger partial charge is 0.376 e. The van der Waals surface area contributed by atoms with E-state index >= 15 is 0 Å². The molecule has 0 unspecified atom stereocenters. The molecule has 1 nitrogen and oxygen atoms in total. The summed E-state index contributed by atoms with van der Waals surface area (Å²) < 4.78 is 5.68. The molecule has 0 atom stereocenters. The maximum absolute atomic E-state index is 5.68. The molecule has 0 amide bonds. The van der Waals surface area contributed by atoms with Gasteiger partial charge in [0, 0.05) is 0 Å². The monoisotopic (exact) mass is 380 g/mol. The fraction of sp³-hybridized carbons (Fsp3) is 0.630. The first-order valence-electron chi connectivity index (χ1n) is 11.7. The second kappa shape index (κ2) is 11.6. The molecule has 3 rings (SSSR count). The zero-order valence-corrected chi connectivity index (χ0v) is 18.0. The van der Waals surface area contributed by atoms with Gasteiger partial charge in [-0.2, -0.15) is 0 Å². The summed E-state index contributed by atoms with van der Waals surface area (Å²) in [5.74, 6) is 3.63. The normalized spacial score (nSPS) is 28.5. The van der Waals surface area contributed by atoms with Crippen molar-refractivity contribution < 1.29 is 4.74 Å². The van der Waals surface area contributed by atoms with Crippen molar-refractivity contribution in [1.82, 2.24) is 0 Å². The highest BCUT2D eigenvalue weighted by atomic mass is 16.5. The second-order valence-corrected chi connectivity index (χ2v) is 8.99. The summed E-state index contributed by atoms with van der Waals surface area (Å²) in [6, 6.07) is 9.23. The lowest BCUT2D eigenvalue weighted by Gasteiger charge is -2.37. The van der Waals surface area contributed by atoms with Crippen molar-refractivity contribution in [1.29, 1.82) is 0 Å². The van der Waals surface area contributed by atoms with Crippen LogP contribution in [0.25, 0.3) is 0 Å². The molecule has 1 aromatic rings. The van der Waals surface area contributed by atoms with E-state index in [0.717, 1.165) is 43.3 Å². The van der Waals surface area contributed by atoms with E-state index in [1.165, 1.54) is 63.4 Å². The topological polar surface area (TPSA) is 9.23 Å². The molecule has 2 fully saturated rings. The maximum atomic E-state index is 5.68. The molecule has 1 heteroatoms. The quantitative estimate of drug-likeness (QED) is 0.313. The predicted molar refractivity (Wildman–Crippen MR) is 120 cm³/mol. The second-order valence-electron chi connectivity index (χ2n) is 8.99. The van der Waals surface area contributed by atoms with E-state index < -0.39 is 0 Å². The van der Waals surface area contributed by atoms with E-state index in [0.29, 0.717) is 0 Å². The summed E-state index contributed by atoms with van der Waals surface area (Å²) in [5, 5.41) is 0. The Kier molecular flexibility index (Phi) is 8.86. The van der Waals surface area contributed by atoms with Crippen LogP contribution in [0.1, 0.15) is 88.2 Å². The molecule has 28 heavy (non-hydrogen) atoms. The van der Waals surface area contributed by atoms with Gasteiger partial charge in [0.2, 0.25) is 0 Å². The Hall–Kier alpha value is -1.34. The lowest BCUT2D eigenvalue weighted by atomic mass is 9.68. The van der Waals surface area contributed by atoms with Crippen molar-refractivity contribution in [3.8, 4) is 0 Å². The lowest BCUT2D eigenvalue weighted by molar-refractivity contribution is 0.125. The summed E-state index contributed by atoms with van der Waals surface area (Å²) in [5.41, 5.74) is 2.83. The average Bonchev–Trinajstić information content (AvgIpc) is 2.76. The summed E-state index contributed by atoms with van der Waals surface area (Å²) >= 11 is 0. The van der Waals surface area contributed by atoms with Crippen LogP contribution in [0.2, 0.25) is 0 Å². The molecule has 0 radical (unpaired) electrons. The number of benzene rings is 1. The van der Waals surface area contributed by atoms with Crippen LogP contribution >= 0.6 is 0 Å². The van der Waals surface area contributed by atoms with Crippen LogP contribution in [-0.2, 0) is 11.3 Å². The number of allylic oxidation sites excluding steroid dienone is 2. The van der Waals surface area contributed by atoms with Crippen molar-refractivity contribution in [2.24, 2.45) is 17.8 Å². The van der Waals surface area contributed by atoms with Gasteiger partial charge in [0.25, 0.3) is 0 Å². The average molecular weight is 381 g/mol. The Morgan fingerprint density at radius 3 is 2.18 bits per heavy atom. The fourth-order valence-corrected chi connectivity index (χ4v) is 5.30. The number of rotatable bonds is 9. The van der Waals surface area contributed by atoms with E-state index in [1.54, 1.807) is 5.56 Å². The Morgan fingerprint density at radius 1 is 0.929 bits per heavy atom. The third kappa shape index (κ3) is 6.34. The predicted octanol–water partition coefficient (Wildman–Crippen LogP) is 7.83. The highest BCUT2D eigenvalue weighted by molar-refractivity contribution is 5.25. The third-order valence-electron chi connectivity index (χ3n) is 7.09. The minimum atomic E-state index is 0.719. The SMILES string of the molecule is C=CCCOCc1ccc([C@H]2CC[C@H]([C@H]3CC[C@H](C=CCC)CC3)CC2)cc1. The van der Waals surface area contributed by atoms with Crippen LogP contribution in [0.3, 0.4) is 0 Å². The first kappa shape index (κ1) is 21.4. The van der Waals surface area contributed by atoms with Crippen LogP contribution < -0.4 is 0 Å². The molecule has 0 heterocycles. The van der Waals surface area contributed by atoms with Gasteiger partial charge in [0.15, 0.2) is 0 Å². The van der Waals surface area contributed by atoms with Crippen LogP contribution in [-0.4, -0.2) is 6.61 Å². The van der Waals surface area contributed by atoms with Gasteiger partial charge in [-0.15, -0.1) is 6.58 Å². The molecule has 1 aromatic carbocycles. The van der Waals surface area contributed by atoms with Crippen LogP contribution in [0.4, 0.5) is 0 Å². The molecule has 2 aliphatic carbocycles. The smallest absolute Gasteiger partial charge is 0.0717 e. The first-order chi connectivity index (χ1) is 13.8. The standard InChI is InChI=1S/C27H40O/c1-3-5-7-22-8-12-24(13-9-22)26-16-18-27(19-17-26)25-14-10-23(11-15-25)21-28-20-6-4-2/h4-5,7,10-11,14-15,22,24,26-27H,2-3,6,8-9,12-13,16-21H2,1H3/t22-,24-,26-,27-. The van der Waals surface area contributed by atoms with Crippen molar-refractivity contribution >= 4 is 0 Å². The Balaban J connectivity index is 1.40. The number of ether oxygens (including phenoxy) is 1. The number of hydrogen-bond donors (Lipinski definition) is 0. The van der Waals surface area contributed by atoms with Crippen molar-refractivity contribution in [2.45, 2.75) is 83.7 Å². The van der Waals surface area contributed by atoms with Gasteiger partial charge >= 0.3 is 0 Å². The van der Waals surface area contributed by atoms with Gasteiger partial charge < -0.3 is 4.74 Å². The van der Waals surface area contributed by atoms with E-state index in [9.17, 15) is 0 Å². The highest BCUT2D eigenvalue weighted by Gasteiger charge is 2.30. The van der Waals surface area contributed by atoms with Crippen molar-refractivity contribution in [2.75, 3.05) is 6.61 Å². The molecular formula is C27H40O. The van der Waals surface area contributed by atoms with Gasteiger partial charge in [-0.25, -0.2) is 0 Å². The molecule has 0 spiro atoms. The highest BCUT2D eigenvalue weighted by Crippen LogP contribution is 2.44. The van der Waals surface area contributed by atoms with Crippen LogP contribution in [0.5, 0.6) is 0 Å². The van der Waals surface area contributed by atoms with Crippen molar-refractivity contribution in [3.63, 3.8) is 0 Å². The van der Waals surface area contributed by atoms with E-state index in [-0.39, 0.29) is 0 Å². The fourth-order valence-electron chi connectivity index (χ4n) is 5.30. The van der Waals surface area contributed by atoms with Crippen molar-refractivity contribution in [3.05, 3.63) is 60.2 Å². The maximum Gasteiger partial charge on any atom is 0.0717 e. The Labute approximate surface area is 173 Å². The summed E-state index contributed by atoms with van der Waals surface area (Å²) in [7, 11) is 0. The Bertz CT molecular complexity index is 583. The van der Waals surface area contributed by atoms with E-state index in [1.807, 2.05) is 6.08 Å². The van der Waals surface area contributed by atoms with E-state index in [2.05, 4.69) is 49.9 Å². The van der Waals surface area contributed by atoms with Gasteiger partial charge in [0.1, 0.15) is 0 Å². The lowest BCUT2D eigenvalue weighted by Crippen LogP contribution is -2.25. The van der Waals surface area contributed by atoms with Gasteiger partial charge in [-0.05, 0) is 99.0 Å². The molecule has 0 bridgehead atoms. The Morgan fingerprint density at radius 2 is 1.57 bits per heavy atom.